The largest absolute Gasteiger partial charge is 0.488 e. The molecule has 0 bridgehead atoms. The number of carbonyl (C=O) groups excluding carboxylic acids is 1. The molecule has 0 spiro atoms. The topological polar surface area (TPSA) is 44.8 Å². The standard InChI is InChI=1S/C18H18O4/c1-12-9-14(20-11-13-7-5-4-6-8-13)16-15(10-12)21-18(2,3)22-17(16)19/h4-10H,11H2,1-3H3. The van der Waals surface area contributed by atoms with E-state index >= 15 is 0 Å². The van der Waals surface area contributed by atoms with Gasteiger partial charge in [0.15, 0.2) is 0 Å². The predicted octanol–water partition coefficient (Wildman–Crippen LogP) is 3.86. The molecule has 0 saturated carbocycles. The summed E-state index contributed by atoms with van der Waals surface area (Å²) in [6, 6.07) is 13.4. The molecular formula is C18H18O4. The predicted molar refractivity (Wildman–Crippen MR) is 82.1 cm³/mol. The van der Waals surface area contributed by atoms with Crippen LogP contribution in [0.15, 0.2) is 42.5 Å². The van der Waals surface area contributed by atoms with Gasteiger partial charge >= 0.3 is 5.97 Å². The fourth-order valence-electron chi connectivity index (χ4n) is 2.41. The number of cyclic esters (lactones) is 1. The van der Waals surface area contributed by atoms with Crippen molar-refractivity contribution in [2.24, 2.45) is 0 Å². The Morgan fingerprint density at radius 1 is 1.09 bits per heavy atom. The number of ether oxygens (including phenoxy) is 3. The minimum Gasteiger partial charge on any atom is -0.488 e. The Hall–Kier alpha value is -2.49. The highest BCUT2D eigenvalue weighted by Gasteiger charge is 2.36. The zero-order chi connectivity index (χ0) is 15.7. The molecule has 4 heteroatoms. The second-order valence-corrected chi connectivity index (χ2v) is 5.80. The minimum absolute atomic E-state index is 0.348. The van der Waals surface area contributed by atoms with Crippen LogP contribution in [0.3, 0.4) is 0 Å². The van der Waals surface area contributed by atoms with Gasteiger partial charge in [-0.2, -0.15) is 0 Å². The van der Waals surface area contributed by atoms with Crippen LogP contribution >= 0.6 is 0 Å². The third-order valence-electron chi connectivity index (χ3n) is 3.35. The van der Waals surface area contributed by atoms with Crippen molar-refractivity contribution in [2.75, 3.05) is 0 Å². The molecule has 0 unspecified atom stereocenters. The first-order chi connectivity index (χ1) is 10.4. The lowest BCUT2D eigenvalue weighted by molar-refractivity contribution is -0.127. The lowest BCUT2D eigenvalue weighted by Crippen LogP contribution is -2.39. The van der Waals surface area contributed by atoms with E-state index < -0.39 is 11.8 Å². The fourth-order valence-corrected chi connectivity index (χ4v) is 2.41. The number of esters is 1. The van der Waals surface area contributed by atoms with Crippen molar-refractivity contribution in [3.63, 3.8) is 0 Å². The van der Waals surface area contributed by atoms with Crippen LogP contribution in [0, 0.1) is 6.92 Å². The lowest BCUT2D eigenvalue weighted by Gasteiger charge is -2.32. The Morgan fingerprint density at radius 2 is 1.82 bits per heavy atom. The van der Waals surface area contributed by atoms with Gasteiger partial charge in [-0.15, -0.1) is 0 Å². The summed E-state index contributed by atoms with van der Waals surface area (Å²) in [4.78, 5) is 12.3. The molecule has 0 aliphatic carbocycles. The van der Waals surface area contributed by atoms with E-state index in [0.717, 1.165) is 11.1 Å². The highest BCUT2D eigenvalue weighted by atomic mass is 16.7. The normalized spacial score (nSPS) is 15.5. The van der Waals surface area contributed by atoms with Gasteiger partial charge in [0.2, 0.25) is 5.79 Å². The van der Waals surface area contributed by atoms with E-state index in [1.165, 1.54) is 0 Å². The van der Waals surface area contributed by atoms with Gasteiger partial charge in [0.05, 0.1) is 0 Å². The van der Waals surface area contributed by atoms with Crippen LogP contribution in [0.25, 0.3) is 0 Å². The quantitative estimate of drug-likeness (QED) is 0.807. The number of rotatable bonds is 3. The summed E-state index contributed by atoms with van der Waals surface area (Å²) in [5, 5.41) is 0. The molecule has 1 aliphatic heterocycles. The maximum absolute atomic E-state index is 12.3. The van der Waals surface area contributed by atoms with E-state index in [4.69, 9.17) is 14.2 Å². The molecule has 0 fully saturated rings. The molecule has 114 valence electrons. The monoisotopic (exact) mass is 298 g/mol. The molecule has 4 nitrogen and oxygen atoms in total. The number of aryl methyl sites for hydroxylation is 1. The summed E-state index contributed by atoms with van der Waals surface area (Å²) < 4.78 is 16.9. The van der Waals surface area contributed by atoms with Crippen molar-refractivity contribution in [3.05, 3.63) is 59.2 Å². The third kappa shape index (κ3) is 2.91. The summed E-state index contributed by atoms with van der Waals surface area (Å²) in [7, 11) is 0. The Balaban J connectivity index is 1.92. The molecule has 0 radical (unpaired) electrons. The first-order valence-corrected chi connectivity index (χ1v) is 7.18. The number of carbonyl (C=O) groups is 1. The van der Waals surface area contributed by atoms with Gasteiger partial charge in [-0.25, -0.2) is 4.79 Å². The van der Waals surface area contributed by atoms with Crippen molar-refractivity contribution in [3.8, 4) is 11.5 Å². The van der Waals surface area contributed by atoms with Crippen LogP contribution in [-0.4, -0.2) is 11.8 Å². The molecule has 0 amide bonds. The van der Waals surface area contributed by atoms with E-state index in [2.05, 4.69) is 0 Å². The molecule has 0 N–H and O–H groups in total. The second kappa shape index (κ2) is 5.37. The number of fused-ring (bicyclic) bond motifs is 1. The van der Waals surface area contributed by atoms with Gasteiger partial charge in [-0.3, -0.25) is 0 Å². The first-order valence-electron chi connectivity index (χ1n) is 7.18. The van der Waals surface area contributed by atoms with Gasteiger partial charge in [-0.05, 0) is 30.2 Å². The van der Waals surface area contributed by atoms with Gasteiger partial charge in [0.25, 0.3) is 0 Å². The maximum atomic E-state index is 12.3. The molecule has 3 rings (SSSR count). The molecular weight excluding hydrogens is 280 g/mol. The molecule has 0 saturated heterocycles. The Bertz CT molecular complexity index is 705. The average Bonchev–Trinajstić information content (AvgIpc) is 2.43. The van der Waals surface area contributed by atoms with Crippen molar-refractivity contribution in [1.82, 2.24) is 0 Å². The Morgan fingerprint density at radius 3 is 2.55 bits per heavy atom. The highest BCUT2D eigenvalue weighted by molar-refractivity contribution is 5.96. The molecule has 22 heavy (non-hydrogen) atoms. The Labute approximate surface area is 129 Å². The van der Waals surface area contributed by atoms with Crippen LogP contribution in [0.4, 0.5) is 0 Å². The molecule has 2 aromatic carbocycles. The number of benzene rings is 2. The van der Waals surface area contributed by atoms with E-state index in [0.29, 0.717) is 23.7 Å². The second-order valence-electron chi connectivity index (χ2n) is 5.80. The van der Waals surface area contributed by atoms with E-state index in [-0.39, 0.29) is 0 Å². The third-order valence-corrected chi connectivity index (χ3v) is 3.35. The SMILES string of the molecule is Cc1cc(OCc2ccccc2)c2c(c1)OC(C)(C)OC2=O. The van der Waals surface area contributed by atoms with Gasteiger partial charge in [0.1, 0.15) is 23.7 Å². The van der Waals surface area contributed by atoms with Crippen LogP contribution < -0.4 is 9.47 Å². The van der Waals surface area contributed by atoms with Crippen LogP contribution in [0.1, 0.15) is 35.3 Å². The van der Waals surface area contributed by atoms with E-state index in [9.17, 15) is 4.79 Å². The van der Waals surface area contributed by atoms with Gasteiger partial charge in [0, 0.05) is 13.8 Å². The highest BCUT2D eigenvalue weighted by Crippen LogP contribution is 2.38. The summed E-state index contributed by atoms with van der Waals surface area (Å²) in [6.45, 7) is 5.74. The molecule has 1 heterocycles. The summed E-state index contributed by atoms with van der Waals surface area (Å²) >= 11 is 0. The van der Waals surface area contributed by atoms with Crippen molar-refractivity contribution < 1.29 is 19.0 Å². The molecule has 2 aromatic rings. The van der Waals surface area contributed by atoms with Crippen LogP contribution in [0.2, 0.25) is 0 Å². The molecule has 0 aromatic heterocycles. The number of hydrogen-bond acceptors (Lipinski definition) is 4. The fraction of sp³-hybridized carbons (Fsp3) is 0.278. The minimum atomic E-state index is -0.964. The zero-order valence-electron chi connectivity index (χ0n) is 12.9. The smallest absolute Gasteiger partial charge is 0.349 e. The van der Waals surface area contributed by atoms with Crippen molar-refractivity contribution in [2.45, 2.75) is 33.2 Å². The molecule has 1 aliphatic rings. The van der Waals surface area contributed by atoms with E-state index in [1.54, 1.807) is 13.8 Å². The number of hydrogen-bond donors (Lipinski definition) is 0. The van der Waals surface area contributed by atoms with Crippen molar-refractivity contribution >= 4 is 5.97 Å². The van der Waals surface area contributed by atoms with Crippen LogP contribution in [0.5, 0.6) is 11.5 Å². The summed E-state index contributed by atoms with van der Waals surface area (Å²) in [5.41, 5.74) is 2.34. The Kier molecular flexibility index (Phi) is 3.53. The zero-order valence-corrected chi connectivity index (χ0v) is 12.9. The molecule has 0 atom stereocenters. The lowest BCUT2D eigenvalue weighted by atomic mass is 10.1. The average molecular weight is 298 g/mol. The van der Waals surface area contributed by atoms with E-state index in [1.807, 2.05) is 49.4 Å². The van der Waals surface area contributed by atoms with Crippen molar-refractivity contribution in [1.29, 1.82) is 0 Å². The van der Waals surface area contributed by atoms with Gasteiger partial charge < -0.3 is 14.2 Å². The van der Waals surface area contributed by atoms with Gasteiger partial charge in [-0.1, -0.05) is 30.3 Å². The maximum Gasteiger partial charge on any atom is 0.349 e. The summed E-state index contributed by atoms with van der Waals surface area (Å²) in [5.74, 6) is -0.396. The first kappa shape index (κ1) is 14.4. The summed E-state index contributed by atoms with van der Waals surface area (Å²) in [6.07, 6.45) is 0. The van der Waals surface area contributed by atoms with Crippen LogP contribution in [-0.2, 0) is 11.3 Å².